The Morgan fingerprint density at radius 2 is 2.05 bits per heavy atom. The second-order valence-corrected chi connectivity index (χ2v) is 6.02. The Morgan fingerprint density at radius 3 is 2.80 bits per heavy atom. The van der Waals surface area contributed by atoms with Crippen molar-refractivity contribution in [1.29, 1.82) is 0 Å². The smallest absolute Gasteiger partial charge is 0.225 e. The van der Waals surface area contributed by atoms with E-state index in [0.29, 0.717) is 0 Å². The lowest BCUT2D eigenvalue weighted by atomic mass is 10.2. The molecule has 3 aromatic rings. The summed E-state index contributed by atoms with van der Waals surface area (Å²) in [6.07, 6.45) is 0.989. The highest BCUT2D eigenvalue weighted by atomic mass is 35.5. The molecule has 1 N–H and O–H groups in total. The first kappa shape index (κ1) is 13.3. The third kappa shape index (κ3) is 2.49. The zero-order valence-electron chi connectivity index (χ0n) is 11.3. The van der Waals surface area contributed by atoms with Gasteiger partial charge in [0.15, 0.2) is 0 Å². The molecule has 0 aliphatic rings. The van der Waals surface area contributed by atoms with Crippen LogP contribution in [0.25, 0.3) is 10.2 Å². The maximum Gasteiger partial charge on any atom is 0.225 e. The molecule has 0 aliphatic heterocycles. The van der Waals surface area contributed by atoms with Gasteiger partial charge in [0.2, 0.25) is 5.28 Å². The van der Waals surface area contributed by atoms with E-state index in [-0.39, 0.29) is 5.28 Å². The molecule has 2 aromatic heterocycles. The van der Waals surface area contributed by atoms with Gasteiger partial charge in [0, 0.05) is 10.6 Å². The van der Waals surface area contributed by atoms with Crippen LogP contribution in [0.15, 0.2) is 30.3 Å². The fourth-order valence-corrected chi connectivity index (χ4v) is 3.24. The first-order valence-electron chi connectivity index (χ1n) is 6.46. The number of para-hydroxylation sites is 1. The van der Waals surface area contributed by atoms with Crippen LogP contribution in [0.5, 0.6) is 0 Å². The van der Waals surface area contributed by atoms with Crippen LogP contribution < -0.4 is 5.32 Å². The van der Waals surface area contributed by atoms with Gasteiger partial charge in [-0.3, -0.25) is 0 Å². The lowest BCUT2D eigenvalue weighted by Gasteiger charge is -2.09. The second kappa shape index (κ2) is 5.38. The van der Waals surface area contributed by atoms with Gasteiger partial charge < -0.3 is 5.32 Å². The Balaban J connectivity index is 2.11. The van der Waals surface area contributed by atoms with Crippen molar-refractivity contribution in [3.8, 4) is 0 Å². The number of halogens is 1. The molecule has 0 amide bonds. The number of benzene rings is 1. The highest BCUT2D eigenvalue weighted by Gasteiger charge is 2.11. The number of hydrogen-bond donors (Lipinski definition) is 1. The van der Waals surface area contributed by atoms with Crippen molar-refractivity contribution < 1.29 is 0 Å². The van der Waals surface area contributed by atoms with Crippen LogP contribution >= 0.6 is 22.9 Å². The fraction of sp³-hybridized carbons (Fsp3) is 0.200. The number of aryl methyl sites for hydroxylation is 2. The van der Waals surface area contributed by atoms with Crippen LogP contribution in [0.1, 0.15) is 17.4 Å². The molecule has 0 fully saturated rings. The Morgan fingerprint density at radius 1 is 1.25 bits per heavy atom. The summed E-state index contributed by atoms with van der Waals surface area (Å²) in [4.78, 5) is 10.8. The molecular formula is C15H14ClN3S. The zero-order valence-corrected chi connectivity index (χ0v) is 12.8. The van der Waals surface area contributed by atoms with Gasteiger partial charge in [-0.15, -0.1) is 11.3 Å². The number of rotatable bonds is 3. The van der Waals surface area contributed by atoms with Crippen molar-refractivity contribution in [1.82, 2.24) is 9.97 Å². The normalized spacial score (nSPS) is 10.9. The maximum atomic E-state index is 6.03. The Bertz CT molecular complexity index is 767. The number of nitrogens with one attached hydrogen (secondary N) is 1. The third-order valence-electron chi connectivity index (χ3n) is 3.16. The monoisotopic (exact) mass is 303 g/mol. The fourth-order valence-electron chi connectivity index (χ4n) is 2.06. The number of hydrogen-bond acceptors (Lipinski definition) is 4. The zero-order chi connectivity index (χ0) is 14.1. The molecule has 5 heteroatoms. The van der Waals surface area contributed by atoms with E-state index < -0.39 is 0 Å². The van der Waals surface area contributed by atoms with E-state index >= 15 is 0 Å². The van der Waals surface area contributed by atoms with Crippen molar-refractivity contribution >= 4 is 44.7 Å². The minimum Gasteiger partial charge on any atom is -0.339 e. The van der Waals surface area contributed by atoms with Gasteiger partial charge in [-0.05, 0) is 42.6 Å². The van der Waals surface area contributed by atoms with E-state index in [2.05, 4.69) is 41.3 Å². The van der Waals surface area contributed by atoms with Gasteiger partial charge in [0.1, 0.15) is 10.6 Å². The van der Waals surface area contributed by atoms with E-state index in [1.165, 1.54) is 10.4 Å². The summed E-state index contributed by atoms with van der Waals surface area (Å²) in [6, 6.07) is 10.2. The van der Waals surface area contributed by atoms with Gasteiger partial charge in [0.25, 0.3) is 0 Å². The minimum absolute atomic E-state index is 0.276. The topological polar surface area (TPSA) is 37.8 Å². The van der Waals surface area contributed by atoms with Crippen molar-refractivity contribution in [3.63, 3.8) is 0 Å². The van der Waals surface area contributed by atoms with Crippen LogP contribution in [-0.2, 0) is 6.42 Å². The van der Waals surface area contributed by atoms with Crippen molar-refractivity contribution in [2.45, 2.75) is 20.3 Å². The van der Waals surface area contributed by atoms with Crippen LogP contribution in [0.4, 0.5) is 11.5 Å². The molecule has 0 saturated heterocycles. The highest BCUT2D eigenvalue weighted by Crippen LogP contribution is 2.32. The molecule has 0 radical (unpaired) electrons. The first-order chi connectivity index (χ1) is 9.67. The van der Waals surface area contributed by atoms with Gasteiger partial charge in [0.05, 0.1) is 5.39 Å². The van der Waals surface area contributed by atoms with E-state index in [9.17, 15) is 0 Å². The predicted octanol–water partition coefficient (Wildman–Crippen LogP) is 4.96. The van der Waals surface area contributed by atoms with Crippen LogP contribution in [0, 0.1) is 6.92 Å². The Labute approximate surface area is 126 Å². The SMILES string of the molecule is CCc1cc2c(Nc3ccccc3C)nc(Cl)nc2s1. The van der Waals surface area contributed by atoms with Gasteiger partial charge in [-0.25, -0.2) is 4.98 Å². The van der Waals surface area contributed by atoms with E-state index in [4.69, 9.17) is 11.6 Å². The molecule has 0 saturated carbocycles. The number of fused-ring (bicyclic) bond motifs is 1. The summed E-state index contributed by atoms with van der Waals surface area (Å²) < 4.78 is 0. The molecule has 0 unspecified atom stereocenters. The molecule has 102 valence electrons. The number of nitrogens with zero attached hydrogens (tertiary/aromatic N) is 2. The molecule has 1 aromatic carbocycles. The van der Waals surface area contributed by atoms with Gasteiger partial charge in [-0.2, -0.15) is 4.98 Å². The summed E-state index contributed by atoms with van der Waals surface area (Å²) in [5.41, 5.74) is 2.20. The summed E-state index contributed by atoms with van der Waals surface area (Å²) in [6.45, 7) is 4.20. The highest BCUT2D eigenvalue weighted by molar-refractivity contribution is 7.18. The molecule has 2 heterocycles. The van der Waals surface area contributed by atoms with Crippen LogP contribution in [-0.4, -0.2) is 9.97 Å². The first-order valence-corrected chi connectivity index (χ1v) is 7.65. The summed E-state index contributed by atoms with van der Waals surface area (Å²) in [5, 5.41) is 4.67. The molecule has 0 atom stereocenters. The minimum atomic E-state index is 0.276. The molecular weight excluding hydrogens is 290 g/mol. The summed E-state index contributed by atoms with van der Waals surface area (Å²) in [7, 11) is 0. The largest absolute Gasteiger partial charge is 0.339 e. The standard InChI is InChI=1S/C15H14ClN3S/c1-3-10-8-11-13(18-15(16)19-14(11)20-10)17-12-7-5-4-6-9(12)2/h4-8H,3H2,1-2H3,(H,17,18,19). The van der Waals surface area contributed by atoms with Crippen molar-refractivity contribution in [2.75, 3.05) is 5.32 Å². The maximum absolute atomic E-state index is 6.03. The number of anilines is 2. The summed E-state index contributed by atoms with van der Waals surface area (Å²) >= 11 is 7.69. The Kier molecular flexibility index (Phi) is 3.59. The predicted molar refractivity (Wildman–Crippen MR) is 86.3 cm³/mol. The van der Waals surface area contributed by atoms with Crippen LogP contribution in [0.3, 0.4) is 0 Å². The Hall–Kier alpha value is -1.65. The van der Waals surface area contributed by atoms with Gasteiger partial charge in [-0.1, -0.05) is 25.1 Å². The second-order valence-electron chi connectivity index (χ2n) is 4.57. The van der Waals surface area contributed by atoms with Crippen LogP contribution in [0.2, 0.25) is 5.28 Å². The molecule has 20 heavy (non-hydrogen) atoms. The average Bonchev–Trinajstić information content (AvgIpc) is 2.84. The van der Waals surface area contributed by atoms with Crippen molar-refractivity contribution in [3.05, 3.63) is 46.1 Å². The lowest BCUT2D eigenvalue weighted by Crippen LogP contribution is -1.97. The third-order valence-corrected chi connectivity index (χ3v) is 4.51. The molecule has 3 rings (SSSR count). The van der Waals surface area contributed by atoms with Crippen molar-refractivity contribution in [2.24, 2.45) is 0 Å². The van der Waals surface area contributed by atoms with E-state index in [1.54, 1.807) is 11.3 Å². The number of aromatic nitrogens is 2. The lowest BCUT2D eigenvalue weighted by molar-refractivity contribution is 1.19. The molecule has 0 spiro atoms. The number of thiophene rings is 1. The summed E-state index contributed by atoms with van der Waals surface area (Å²) in [5.74, 6) is 0.769. The van der Waals surface area contributed by atoms with E-state index in [0.717, 1.165) is 28.1 Å². The van der Waals surface area contributed by atoms with Gasteiger partial charge >= 0.3 is 0 Å². The quantitative estimate of drug-likeness (QED) is 0.695. The molecule has 0 aliphatic carbocycles. The average molecular weight is 304 g/mol. The van der Waals surface area contributed by atoms with E-state index in [1.807, 2.05) is 18.2 Å². The molecule has 0 bridgehead atoms. The molecule has 3 nitrogen and oxygen atoms in total.